The van der Waals surface area contributed by atoms with Crippen molar-refractivity contribution in [3.63, 3.8) is 0 Å². The molecule has 0 aliphatic heterocycles. The Morgan fingerprint density at radius 3 is 2.70 bits per heavy atom. The van der Waals surface area contributed by atoms with Gasteiger partial charge in [-0.15, -0.1) is 23.1 Å². The normalized spacial score (nSPS) is 11.8. The molecule has 30 heavy (non-hydrogen) atoms. The third-order valence-corrected chi connectivity index (χ3v) is 6.79. The second-order valence-corrected chi connectivity index (χ2v) is 9.06. The van der Waals surface area contributed by atoms with Crippen LogP contribution in [0.5, 0.6) is 5.75 Å². The molecular formula is C23H19ClN2O2S2. The highest BCUT2D eigenvalue weighted by atomic mass is 35.5. The summed E-state index contributed by atoms with van der Waals surface area (Å²) in [5.41, 5.74) is 2.60. The van der Waals surface area contributed by atoms with E-state index in [9.17, 15) is 4.79 Å². The first kappa shape index (κ1) is 20.7. The number of hydrogen-bond donors (Lipinski definition) is 1. The van der Waals surface area contributed by atoms with Gasteiger partial charge in [0.1, 0.15) is 10.6 Å². The third-order valence-electron chi connectivity index (χ3n) is 4.73. The van der Waals surface area contributed by atoms with Gasteiger partial charge in [0, 0.05) is 15.3 Å². The zero-order valence-corrected chi connectivity index (χ0v) is 19.0. The largest absolute Gasteiger partial charge is 0.496 e. The number of ether oxygens (including phenoxy) is 1. The lowest BCUT2D eigenvalue weighted by molar-refractivity contribution is 0.405. The van der Waals surface area contributed by atoms with E-state index < -0.39 is 0 Å². The lowest BCUT2D eigenvalue weighted by atomic mass is 10.0. The summed E-state index contributed by atoms with van der Waals surface area (Å²) in [6.07, 6.45) is 3.77. The molecule has 7 heteroatoms. The summed E-state index contributed by atoms with van der Waals surface area (Å²) in [6, 6.07) is 15.7. The monoisotopic (exact) mass is 454 g/mol. The van der Waals surface area contributed by atoms with Crippen LogP contribution in [-0.2, 0) is 0 Å². The molecule has 2 aromatic carbocycles. The molecule has 152 valence electrons. The first-order valence-electron chi connectivity index (χ1n) is 9.20. The molecule has 0 saturated carbocycles. The van der Waals surface area contributed by atoms with Gasteiger partial charge in [0.15, 0.2) is 5.82 Å². The number of aryl methyl sites for hydroxylation is 1. The Morgan fingerprint density at radius 2 is 2.00 bits per heavy atom. The highest BCUT2D eigenvalue weighted by Crippen LogP contribution is 2.36. The maximum Gasteiger partial charge on any atom is 0.260 e. The topological polar surface area (TPSA) is 55.0 Å². The molecule has 4 rings (SSSR count). The van der Waals surface area contributed by atoms with Crippen molar-refractivity contribution in [1.29, 1.82) is 0 Å². The summed E-state index contributed by atoms with van der Waals surface area (Å²) in [5.74, 6) is 1.13. The van der Waals surface area contributed by atoms with Crippen molar-refractivity contribution in [3.8, 4) is 16.9 Å². The van der Waals surface area contributed by atoms with Crippen LogP contribution in [0.2, 0.25) is 0 Å². The average molecular weight is 455 g/mol. The van der Waals surface area contributed by atoms with E-state index >= 15 is 0 Å². The average Bonchev–Trinajstić information content (AvgIpc) is 3.10. The number of thiophene rings is 1. The minimum absolute atomic E-state index is 0.194. The molecule has 4 aromatic rings. The van der Waals surface area contributed by atoms with E-state index in [1.807, 2.05) is 61.7 Å². The van der Waals surface area contributed by atoms with Gasteiger partial charge in [0.2, 0.25) is 0 Å². The molecular weight excluding hydrogens is 436 g/mol. The van der Waals surface area contributed by atoms with Crippen molar-refractivity contribution in [2.45, 2.75) is 11.8 Å². The first-order chi connectivity index (χ1) is 14.5. The van der Waals surface area contributed by atoms with E-state index in [4.69, 9.17) is 16.3 Å². The summed E-state index contributed by atoms with van der Waals surface area (Å²) in [4.78, 5) is 23.2. The highest BCUT2D eigenvalue weighted by molar-refractivity contribution is 7.98. The molecule has 0 amide bonds. The second kappa shape index (κ2) is 8.68. The van der Waals surface area contributed by atoms with E-state index in [1.54, 1.807) is 24.9 Å². The quantitative estimate of drug-likeness (QED) is 0.353. The Balaban J connectivity index is 1.79. The van der Waals surface area contributed by atoms with Crippen molar-refractivity contribution in [3.05, 3.63) is 75.1 Å². The van der Waals surface area contributed by atoms with Crippen LogP contribution in [0.15, 0.2) is 58.2 Å². The summed E-state index contributed by atoms with van der Waals surface area (Å²) in [6.45, 7) is 2.00. The van der Waals surface area contributed by atoms with Crippen molar-refractivity contribution in [2.24, 2.45) is 0 Å². The molecule has 0 radical (unpaired) electrons. The van der Waals surface area contributed by atoms with Crippen molar-refractivity contribution in [2.75, 3.05) is 13.4 Å². The predicted molar refractivity (Wildman–Crippen MR) is 129 cm³/mol. The first-order valence-corrected chi connectivity index (χ1v) is 11.6. The number of halogens is 1. The van der Waals surface area contributed by atoms with Crippen LogP contribution in [0.4, 0.5) is 0 Å². The summed E-state index contributed by atoms with van der Waals surface area (Å²) < 4.78 is 5.43. The van der Waals surface area contributed by atoms with E-state index in [1.165, 1.54) is 11.3 Å². The van der Waals surface area contributed by atoms with E-state index in [2.05, 4.69) is 9.97 Å². The number of aromatic amines is 1. The molecule has 0 spiro atoms. The molecule has 0 aliphatic carbocycles. The molecule has 0 aliphatic rings. The van der Waals surface area contributed by atoms with Crippen LogP contribution in [0.25, 0.3) is 32.5 Å². The molecule has 0 fully saturated rings. The molecule has 0 saturated heterocycles. The van der Waals surface area contributed by atoms with Gasteiger partial charge in [0.25, 0.3) is 5.56 Å². The standard InChI is InChI=1S/C23H19ClN2O2S2/c1-13-19(15-7-5-4-6-8-15)20-22(27)25-21(26-23(20)30-13)16(24)11-14-9-10-18(29-3)17(12-14)28-2/h4-12H,1-3H3,(H,25,26,27)/b16-11-. The van der Waals surface area contributed by atoms with Crippen LogP contribution in [-0.4, -0.2) is 23.3 Å². The van der Waals surface area contributed by atoms with E-state index in [-0.39, 0.29) is 5.56 Å². The number of methoxy groups -OCH3 is 1. The van der Waals surface area contributed by atoms with Crippen LogP contribution in [0.3, 0.4) is 0 Å². The maximum absolute atomic E-state index is 13.0. The fraction of sp³-hybridized carbons (Fsp3) is 0.130. The molecule has 2 heterocycles. The number of benzene rings is 2. The number of H-pyrrole nitrogens is 1. The summed E-state index contributed by atoms with van der Waals surface area (Å²) in [7, 11) is 1.64. The molecule has 2 aromatic heterocycles. The Hall–Kier alpha value is -2.54. The summed E-state index contributed by atoms with van der Waals surface area (Å²) >= 11 is 9.64. The second-order valence-electron chi connectivity index (χ2n) is 6.60. The number of thioether (sulfide) groups is 1. The number of nitrogens with zero attached hydrogens (tertiary/aromatic N) is 1. The zero-order valence-electron chi connectivity index (χ0n) is 16.7. The van der Waals surface area contributed by atoms with Crippen molar-refractivity contribution >= 4 is 56.0 Å². The SMILES string of the molecule is COc1cc(/C=C(\Cl)c2nc3sc(C)c(-c4ccccc4)c3c(=O)[nH]2)ccc1SC. The van der Waals surface area contributed by atoms with Gasteiger partial charge < -0.3 is 9.72 Å². The maximum atomic E-state index is 13.0. The minimum Gasteiger partial charge on any atom is -0.496 e. The predicted octanol–water partition coefficient (Wildman–Crippen LogP) is 6.43. The van der Waals surface area contributed by atoms with Crippen LogP contribution in [0, 0.1) is 6.92 Å². The van der Waals surface area contributed by atoms with Gasteiger partial charge in [-0.05, 0) is 42.5 Å². The molecule has 0 bridgehead atoms. The van der Waals surface area contributed by atoms with Gasteiger partial charge in [-0.1, -0.05) is 48.0 Å². The number of nitrogens with one attached hydrogen (secondary N) is 1. The molecule has 1 N–H and O–H groups in total. The summed E-state index contributed by atoms with van der Waals surface area (Å²) in [5, 5.41) is 0.961. The molecule has 0 atom stereocenters. The molecule has 4 nitrogen and oxygen atoms in total. The number of rotatable bonds is 5. The zero-order chi connectivity index (χ0) is 21.3. The van der Waals surface area contributed by atoms with Crippen molar-refractivity contribution in [1.82, 2.24) is 9.97 Å². The van der Waals surface area contributed by atoms with Gasteiger partial charge in [-0.25, -0.2) is 4.98 Å². The Kier molecular flexibility index (Phi) is 5.99. The third kappa shape index (κ3) is 3.90. The lowest BCUT2D eigenvalue weighted by Crippen LogP contribution is -2.10. The van der Waals surface area contributed by atoms with Crippen molar-refractivity contribution < 1.29 is 4.74 Å². The van der Waals surface area contributed by atoms with Gasteiger partial charge in [0.05, 0.1) is 17.5 Å². The molecule has 0 unspecified atom stereocenters. The van der Waals surface area contributed by atoms with Gasteiger partial charge in [-0.3, -0.25) is 4.79 Å². The van der Waals surface area contributed by atoms with Crippen LogP contribution in [0.1, 0.15) is 16.3 Å². The van der Waals surface area contributed by atoms with Crippen LogP contribution >= 0.6 is 34.7 Å². The highest BCUT2D eigenvalue weighted by Gasteiger charge is 2.17. The van der Waals surface area contributed by atoms with Gasteiger partial charge >= 0.3 is 0 Å². The lowest BCUT2D eigenvalue weighted by Gasteiger charge is -2.07. The fourth-order valence-corrected chi connectivity index (χ4v) is 5.15. The number of aromatic nitrogens is 2. The smallest absolute Gasteiger partial charge is 0.260 e. The Labute approximate surface area is 187 Å². The number of hydrogen-bond acceptors (Lipinski definition) is 5. The Bertz CT molecular complexity index is 1310. The fourth-order valence-electron chi connectivity index (χ4n) is 3.34. The minimum atomic E-state index is -0.194. The van der Waals surface area contributed by atoms with Crippen LogP contribution < -0.4 is 10.3 Å². The number of fused-ring (bicyclic) bond motifs is 1. The van der Waals surface area contributed by atoms with E-state index in [0.717, 1.165) is 32.2 Å². The van der Waals surface area contributed by atoms with Gasteiger partial charge in [-0.2, -0.15) is 0 Å². The Morgan fingerprint density at radius 1 is 1.23 bits per heavy atom. The van der Waals surface area contributed by atoms with E-state index in [0.29, 0.717) is 21.1 Å².